The standard InChI is InChI=1S/C50H54N2/c1-33(2)16-19-35(4)36(5)51(37(6)38-20-17-34(3)18-21-38)44-15-13-14-40(30-44)39-22-26-43(27-23-39)52-47-28-24-41(49(7,8)9)31-45(47)46-32-42(50(10,11)12)25-29-48(46)52/h13-32H,5-6H2,1-4,7-12H3. The van der Waals surface area contributed by atoms with E-state index in [1.165, 1.54) is 44.1 Å². The van der Waals surface area contributed by atoms with Gasteiger partial charge in [0, 0.05) is 33.5 Å². The molecule has 0 fully saturated rings. The Morgan fingerprint density at radius 2 is 1.17 bits per heavy atom. The summed E-state index contributed by atoms with van der Waals surface area (Å²) < 4.78 is 2.42. The molecule has 264 valence electrons. The molecule has 6 aromatic rings. The van der Waals surface area contributed by atoms with Gasteiger partial charge in [-0.2, -0.15) is 0 Å². The quantitative estimate of drug-likeness (QED) is 0.145. The number of aryl methyl sites for hydroxylation is 1. The van der Waals surface area contributed by atoms with E-state index < -0.39 is 0 Å². The van der Waals surface area contributed by atoms with E-state index in [2.05, 4.69) is 213 Å². The Hall–Kier alpha value is -5.34. The van der Waals surface area contributed by atoms with E-state index in [1.807, 2.05) is 0 Å². The zero-order valence-corrected chi connectivity index (χ0v) is 32.9. The summed E-state index contributed by atoms with van der Waals surface area (Å²) in [6.07, 6.45) is 4.27. The van der Waals surface area contributed by atoms with Gasteiger partial charge in [0.1, 0.15) is 0 Å². The summed E-state index contributed by atoms with van der Waals surface area (Å²) in [5, 5.41) is 2.60. The van der Waals surface area contributed by atoms with Gasteiger partial charge in [0.25, 0.3) is 0 Å². The molecule has 1 heterocycles. The molecule has 0 radical (unpaired) electrons. The SMILES string of the molecule is C=C(C(C)=CC=C(C)C)N(C(=C)c1ccc(C)cc1)c1cccc(-c2ccc(-n3c4ccc(C(C)(C)C)cc4c4cc(C(C)(C)C)ccc43)cc2)c1. The lowest BCUT2D eigenvalue weighted by atomic mass is 9.85. The second-order valence-corrected chi connectivity index (χ2v) is 16.6. The number of nitrogens with zero attached hydrogens (tertiary/aromatic N) is 2. The Morgan fingerprint density at radius 3 is 1.69 bits per heavy atom. The summed E-state index contributed by atoms with van der Waals surface area (Å²) in [5.41, 5.74) is 16.1. The van der Waals surface area contributed by atoms with Crippen LogP contribution < -0.4 is 4.90 Å². The van der Waals surface area contributed by atoms with Crippen molar-refractivity contribution in [2.75, 3.05) is 4.90 Å². The highest BCUT2D eigenvalue weighted by Gasteiger charge is 2.21. The lowest BCUT2D eigenvalue weighted by molar-refractivity contribution is 0.590. The van der Waals surface area contributed by atoms with Crippen LogP contribution in [-0.2, 0) is 10.8 Å². The maximum absolute atomic E-state index is 4.58. The van der Waals surface area contributed by atoms with Crippen molar-refractivity contribution in [2.24, 2.45) is 0 Å². The lowest BCUT2D eigenvalue weighted by Gasteiger charge is -2.30. The number of fused-ring (bicyclic) bond motifs is 3. The van der Waals surface area contributed by atoms with Crippen LogP contribution in [0.4, 0.5) is 5.69 Å². The number of allylic oxidation sites excluding steroid dienone is 4. The van der Waals surface area contributed by atoms with E-state index in [9.17, 15) is 0 Å². The number of anilines is 1. The summed E-state index contributed by atoms with van der Waals surface area (Å²) in [6.45, 7) is 31.3. The first-order valence-electron chi connectivity index (χ1n) is 18.4. The molecule has 0 N–H and O–H groups in total. The monoisotopic (exact) mass is 682 g/mol. The van der Waals surface area contributed by atoms with Crippen LogP contribution in [0.5, 0.6) is 0 Å². The third-order valence-electron chi connectivity index (χ3n) is 10.1. The summed E-state index contributed by atoms with van der Waals surface area (Å²) in [7, 11) is 0. The Kier molecular flexibility index (Phi) is 9.81. The Balaban J connectivity index is 1.43. The van der Waals surface area contributed by atoms with Gasteiger partial charge in [-0.15, -0.1) is 0 Å². The van der Waals surface area contributed by atoms with Crippen LogP contribution in [0.15, 0.2) is 151 Å². The zero-order valence-electron chi connectivity index (χ0n) is 32.9. The lowest BCUT2D eigenvalue weighted by Crippen LogP contribution is -2.20. The summed E-state index contributed by atoms with van der Waals surface area (Å²) >= 11 is 0. The van der Waals surface area contributed by atoms with Crippen LogP contribution in [-0.4, -0.2) is 4.57 Å². The maximum atomic E-state index is 4.58. The number of aromatic nitrogens is 1. The van der Waals surface area contributed by atoms with Gasteiger partial charge in [-0.3, -0.25) is 0 Å². The molecule has 2 heteroatoms. The highest BCUT2D eigenvalue weighted by atomic mass is 15.2. The third-order valence-corrected chi connectivity index (χ3v) is 10.1. The molecule has 0 saturated heterocycles. The molecule has 0 amide bonds. The topological polar surface area (TPSA) is 8.17 Å². The van der Waals surface area contributed by atoms with Gasteiger partial charge in [-0.25, -0.2) is 0 Å². The van der Waals surface area contributed by atoms with Crippen LogP contribution in [0.1, 0.15) is 84.6 Å². The van der Waals surface area contributed by atoms with Crippen molar-refractivity contribution in [3.63, 3.8) is 0 Å². The van der Waals surface area contributed by atoms with Crippen molar-refractivity contribution in [1.29, 1.82) is 0 Å². The van der Waals surface area contributed by atoms with Gasteiger partial charge >= 0.3 is 0 Å². The molecular weight excluding hydrogens is 629 g/mol. The van der Waals surface area contributed by atoms with Gasteiger partial charge in [-0.1, -0.05) is 139 Å². The number of rotatable bonds is 8. The highest BCUT2D eigenvalue weighted by Crippen LogP contribution is 2.39. The van der Waals surface area contributed by atoms with Crippen molar-refractivity contribution in [2.45, 2.75) is 80.1 Å². The molecule has 5 aromatic carbocycles. The predicted molar refractivity (Wildman–Crippen MR) is 229 cm³/mol. The molecule has 0 spiro atoms. The number of hydrogen-bond donors (Lipinski definition) is 0. The highest BCUT2D eigenvalue weighted by molar-refractivity contribution is 6.10. The van der Waals surface area contributed by atoms with Crippen molar-refractivity contribution >= 4 is 33.2 Å². The smallest absolute Gasteiger partial charge is 0.0541 e. The molecule has 0 aliphatic rings. The molecule has 52 heavy (non-hydrogen) atoms. The third kappa shape index (κ3) is 7.34. The fourth-order valence-electron chi connectivity index (χ4n) is 6.78. The number of hydrogen-bond acceptors (Lipinski definition) is 1. The minimum atomic E-state index is 0.0649. The van der Waals surface area contributed by atoms with Crippen LogP contribution in [0.25, 0.3) is 44.3 Å². The average molecular weight is 683 g/mol. The van der Waals surface area contributed by atoms with Gasteiger partial charge < -0.3 is 9.47 Å². The van der Waals surface area contributed by atoms with E-state index in [0.29, 0.717) is 0 Å². The first kappa shape index (κ1) is 36.5. The molecule has 0 bridgehead atoms. The summed E-state index contributed by atoms with van der Waals surface area (Å²) in [4.78, 5) is 2.18. The molecule has 0 aliphatic heterocycles. The molecule has 6 rings (SSSR count). The normalized spacial score (nSPS) is 12.3. The molecule has 2 nitrogen and oxygen atoms in total. The van der Waals surface area contributed by atoms with Crippen molar-refractivity contribution in [3.8, 4) is 16.8 Å². The van der Waals surface area contributed by atoms with E-state index in [1.54, 1.807) is 0 Å². The van der Waals surface area contributed by atoms with Gasteiger partial charge in [0.2, 0.25) is 0 Å². The average Bonchev–Trinajstić information content (AvgIpc) is 3.43. The molecule has 0 aliphatic carbocycles. The van der Waals surface area contributed by atoms with Gasteiger partial charge in [-0.05, 0) is 120 Å². The van der Waals surface area contributed by atoms with Crippen LogP contribution in [0.2, 0.25) is 0 Å². The first-order valence-corrected chi connectivity index (χ1v) is 18.4. The van der Waals surface area contributed by atoms with Crippen LogP contribution >= 0.6 is 0 Å². The summed E-state index contributed by atoms with van der Waals surface area (Å²) in [6, 6.07) is 40.2. The van der Waals surface area contributed by atoms with Gasteiger partial charge in [0.05, 0.1) is 11.0 Å². The molecule has 0 saturated carbocycles. The predicted octanol–water partition coefficient (Wildman–Crippen LogP) is 14.3. The van der Waals surface area contributed by atoms with E-state index in [4.69, 9.17) is 0 Å². The minimum Gasteiger partial charge on any atom is -0.311 e. The summed E-state index contributed by atoms with van der Waals surface area (Å²) in [5.74, 6) is 0. The molecular formula is C50H54N2. The molecule has 0 unspecified atom stereocenters. The zero-order chi connectivity index (χ0) is 37.5. The van der Waals surface area contributed by atoms with Crippen LogP contribution in [0.3, 0.4) is 0 Å². The maximum Gasteiger partial charge on any atom is 0.0541 e. The van der Waals surface area contributed by atoms with E-state index in [-0.39, 0.29) is 10.8 Å². The first-order chi connectivity index (χ1) is 24.5. The van der Waals surface area contributed by atoms with Crippen molar-refractivity contribution < 1.29 is 0 Å². The van der Waals surface area contributed by atoms with Crippen molar-refractivity contribution in [3.05, 3.63) is 174 Å². The van der Waals surface area contributed by atoms with Crippen LogP contribution in [0, 0.1) is 6.92 Å². The Bertz CT molecular complexity index is 2280. The number of benzene rings is 5. The minimum absolute atomic E-state index is 0.0649. The second kappa shape index (κ2) is 14.0. The Labute approximate surface area is 312 Å². The largest absolute Gasteiger partial charge is 0.311 e. The molecule has 1 aromatic heterocycles. The van der Waals surface area contributed by atoms with Gasteiger partial charge in [0.15, 0.2) is 0 Å². The van der Waals surface area contributed by atoms with E-state index in [0.717, 1.165) is 45.0 Å². The second-order valence-electron chi connectivity index (χ2n) is 16.6. The fourth-order valence-corrected chi connectivity index (χ4v) is 6.78. The Morgan fingerprint density at radius 1 is 0.615 bits per heavy atom. The molecule has 0 atom stereocenters. The van der Waals surface area contributed by atoms with E-state index >= 15 is 0 Å². The fraction of sp³-hybridized carbons (Fsp3) is 0.240. The van der Waals surface area contributed by atoms with Crippen molar-refractivity contribution in [1.82, 2.24) is 4.57 Å².